The first-order chi connectivity index (χ1) is 20.8. The Morgan fingerprint density at radius 1 is 1.12 bits per heavy atom. The molecule has 0 radical (unpaired) electrons. The summed E-state index contributed by atoms with van der Waals surface area (Å²) in [4.78, 5) is 45.0. The predicted molar refractivity (Wildman–Crippen MR) is 154 cm³/mol. The topological polar surface area (TPSA) is 142 Å². The van der Waals surface area contributed by atoms with Gasteiger partial charge >= 0.3 is 0 Å². The number of rotatable bonds is 7. The van der Waals surface area contributed by atoms with Crippen LogP contribution in [-0.4, -0.2) is 46.7 Å². The zero-order chi connectivity index (χ0) is 30.1. The normalized spacial score (nSPS) is 19.6. The van der Waals surface area contributed by atoms with E-state index in [0.717, 1.165) is 37.3 Å². The lowest BCUT2D eigenvalue weighted by Gasteiger charge is -2.35. The van der Waals surface area contributed by atoms with Crippen molar-refractivity contribution >= 4 is 23.5 Å². The molecule has 11 heteroatoms. The molecule has 6 rings (SSSR count). The summed E-state index contributed by atoms with van der Waals surface area (Å²) >= 11 is 0. The molecule has 3 amide bonds. The van der Waals surface area contributed by atoms with E-state index < -0.39 is 17.8 Å². The van der Waals surface area contributed by atoms with Crippen molar-refractivity contribution in [2.24, 2.45) is 11.7 Å². The van der Waals surface area contributed by atoms with Crippen molar-refractivity contribution in [3.05, 3.63) is 88.4 Å². The van der Waals surface area contributed by atoms with E-state index in [1.54, 1.807) is 36.5 Å². The number of carbonyl (C=O) groups is 3. The van der Waals surface area contributed by atoms with Crippen LogP contribution in [0.2, 0.25) is 0 Å². The molecule has 0 spiro atoms. The van der Waals surface area contributed by atoms with E-state index in [9.17, 15) is 14.4 Å². The fraction of sp³-hybridized carbons (Fsp3) is 0.344. The summed E-state index contributed by atoms with van der Waals surface area (Å²) in [6.45, 7) is 1.68. The minimum atomic E-state index is -0.723. The van der Waals surface area contributed by atoms with Gasteiger partial charge in [-0.2, -0.15) is 5.26 Å². The summed E-state index contributed by atoms with van der Waals surface area (Å²) in [5.41, 5.74) is 9.27. The number of piperidine rings is 2. The Bertz CT molecular complexity index is 1610. The second-order valence-corrected chi connectivity index (χ2v) is 11.2. The summed E-state index contributed by atoms with van der Waals surface area (Å²) in [6, 6.07) is 14.7. The Kier molecular flexibility index (Phi) is 7.78. The van der Waals surface area contributed by atoms with Crippen LogP contribution in [-0.2, 0) is 22.7 Å². The van der Waals surface area contributed by atoms with Crippen LogP contribution >= 0.6 is 0 Å². The molecule has 3 aliphatic heterocycles. The number of fused-ring (bicyclic) bond motifs is 1. The molecule has 43 heavy (non-hydrogen) atoms. The number of aromatic nitrogens is 1. The number of ether oxygens (including phenoxy) is 1. The molecule has 0 saturated carbocycles. The monoisotopic (exact) mass is 582 g/mol. The average molecular weight is 583 g/mol. The largest absolute Gasteiger partial charge is 0.488 e. The predicted octanol–water partition coefficient (Wildman–Crippen LogP) is 3.35. The molecule has 2 aromatic carbocycles. The highest BCUT2D eigenvalue weighted by molar-refractivity contribution is 6.05. The number of nitrogens with one attached hydrogen (secondary N) is 1. The number of benzene rings is 2. The van der Waals surface area contributed by atoms with Crippen LogP contribution in [0, 0.1) is 23.1 Å². The highest BCUT2D eigenvalue weighted by atomic mass is 19.1. The van der Waals surface area contributed by atoms with Crippen molar-refractivity contribution in [2.75, 3.05) is 18.0 Å². The average Bonchev–Trinajstić information content (AvgIpc) is 3.36. The zero-order valence-electron chi connectivity index (χ0n) is 23.5. The van der Waals surface area contributed by atoms with Gasteiger partial charge in [0, 0.05) is 48.4 Å². The summed E-state index contributed by atoms with van der Waals surface area (Å²) in [6.07, 6.45) is 3.69. The molecule has 2 atom stereocenters. The molecule has 2 saturated heterocycles. The van der Waals surface area contributed by atoms with Crippen molar-refractivity contribution in [1.29, 1.82) is 5.26 Å². The number of nitrogens with zero attached hydrogens (tertiary/aromatic N) is 4. The second-order valence-electron chi connectivity index (χ2n) is 11.2. The molecule has 2 fully saturated rings. The van der Waals surface area contributed by atoms with Gasteiger partial charge in [0.1, 0.15) is 36.1 Å². The van der Waals surface area contributed by atoms with Gasteiger partial charge < -0.3 is 20.3 Å². The minimum absolute atomic E-state index is 0.0413. The molecule has 4 heterocycles. The lowest BCUT2D eigenvalue weighted by molar-refractivity contribution is -0.136. The number of anilines is 1. The van der Waals surface area contributed by atoms with E-state index in [1.807, 2.05) is 12.1 Å². The Hall–Kier alpha value is -4.82. The molecular weight excluding hydrogens is 551 g/mol. The van der Waals surface area contributed by atoms with Crippen LogP contribution < -0.4 is 20.7 Å². The number of nitriles is 1. The maximum Gasteiger partial charge on any atom is 0.255 e. The number of pyridine rings is 1. The number of amides is 3. The van der Waals surface area contributed by atoms with Crippen LogP contribution in [0.25, 0.3) is 0 Å². The highest BCUT2D eigenvalue weighted by Gasteiger charge is 2.40. The lowest BCUT2D eigenvalue weighted by atomic mass is 9.85. The van der Waals surface area contributed by atoms with Crippen molar-refractivity contribution in [3.8, 4) is 11.8 Å². The molecular formula is C32H31FN6O4. The van der Waals surface area contributed by atoms with E-state index in [4.69, 9.17) is 15.7 Å². The Labute approximate surface area is 248 Å². The zero-order valence-corrected chi connectivity index (χ0v) is 23.5. The smallest absolute Gasteiger partial charge is 0.255 e. The Morgan fingerprint density at radius 3 is 2.63 bits per heavy atom. The van der Waals surface area contributed by atoms with Crippen molar-refractivity contribution < 1.29 is 23.5 Å². The first-order valence-corrected chi connectivity index (χ1v) is 14.4. The quantitative estimate of drug-likeness (QED) is 0.404. The number of hydrogen-bond acceptors (Lipinski definition) is 8. The SMILES string of the molecule is N#Cc1ccc(N2CCC([C@@H](N)c3ccc(COc4cccc5c4CN([C@H]4CCC(=O)NC4=O)C5=O)c(F)c3)CC2)nc1. The summed E-state index contributed by atoms with van der Waals surface area (Å²) in [5, 5.41) is 11.3. The number of imide groups is 1. The van der Waals surface area contributed by atoms with Crippen LogP contribution in [0.5, 0.6) is 5.75 Å². The van der Waals surface area contributed by atoms with Gasteiger partial charge in [0.2, 0.25) is 11.8 Å². The van der Waals surface area contributed by atoms with Gasteiger partial charge in [-0.25, -0.2) is 9.37 Å². The molecule has 220 valence electrons. The van der Waals surface area contributed by atoms with Gasteiger partial charge in [-0.15, -0.1) is 0 Å². The molecule has 3 N–H and O–H groups in total. The molecule has 1 aromatic heterocycles. The van der Waals surface area contributed by atoms with Crippen LogP contribution in [0.4, 0.5) is 10.2 Å². The lowest BCUT2D eigenvalue weighted by Crippen LogP contribution is -2.52. The van der Waals surface area contributed by atoms with Gasteiger partial charge in [-0.1, -0.05) is 18.2 Å². The number of nitrogens with two attached hydrogens (primary N) is 1. The van der Waals surface area contributed by atoms with E-state index in [-0.39, 0.29) is 49.8 Å². The third-order valence-corrected chi connectivity index (χ3v) is 8.63. The van der Waals surface area contributed by atoms with Crippen molar-refractivity contribution in [2.45, 2.75) is 50.9 Å². The summed E-state index contributed by atoms with van der Waals surface area (Å²) in [5.74, 6) is -0.0598. The van der Waals surface area contributed by atoms with E-state index in [0.29, 0.717) is 28.0 Å². The second kappa shape index (κ2) is 11.8. The van der Waals surface area contributed by atoms with Crippen LogP contribution in [0.15, 0.2) is 54.7 Å². The minimum Gasteiger partial charge on any atom is -0.488 e. The van der Waals surface area contributed by atoms with Gasteiger partial charge in [-0.05, 0) is 61.1 Å². The number of halogens is 1. The third-order valence-electron chi connectivity index (χ3n) is 8.63. The fourth-order valence-corrected chi connectivity index (χ4v) is 6.13. The summed E-state index contributed by atoms with van der Waals surface area (Å²) in [7, 11) is 0. The molecule has 3 aromatic rings. The highest BCUT2D eigenvalue weighted by Crippen LogP contribution is 2.35. The Balaban J connectivity index is 1.07. The maximum atomic E-state index is 15.2. The molecule has 3 aliphatic rings. The molecule has 0 aliphatic carbocycles. The standard InChI is InChI=1S/C32H31FN6O4/c33-25-14-21(30(35)20-10-12-38(13-11-20)28-8-4-19(15-34)16-36-28)5-6-22(25)18-43-27-3-1-2-23-24(27)17-39(32(23)42)26-7-9-29(40)37-31(26)41/h1-6,8,14,16,20,26,30H,7,9-13,17-18,35H2,(H,37,40,41)/t26-,30+/m0/s1. The third kappa shape index (κ3) is 5.66. The molecule has 10 nitrogen and oxygen atoms in total. The number of carbonyl (C=O) groups excluding carboxylic acids is 3. The fourth-order valence-electron chi connectivity index (χ4n) is 6.13. The molecule has 0 unspecified atom stereocenters. The Morgan fingerprint density at radius 2 is 1.93 bits per heavy atom. The van der Waals surface area contributed by atoms with Crippen molar-refractivity contribution in [3.63, 3.8) is 0 Å². The molecule has 0 bridgehead atoms. The maximum absolute atomic E-state index is 15.2. The summed E-state index contributed by atoms with van der Waals surface area (Å²) < 4.78 is 21.2. The van der Waals surface area contributed by atoms with E-state index in [1.165, 1.54) is 11.0 Å². The van der Waals surface area contributed by atoms with Crippen molar-refractivity contribution in [1.82, 2.24) is 15.2 Å². The van der Waals surface area contributed by atoms with E-state index >= 15 is 4.39 Å². The first kappa shape index (κ1) is 28.3. The van der Waals surface area contributed by atoms with Crippen LogP contribution in [0.1, 0.15) is 64.3 Å². The van der Waals surface area contributed by atoms with Gasteiger partial charge in [0.05, 0.1) is 12.1 Å². The number of hydrogen-bond donors (Lipinski definition) is 2. The van der Waals surface area contributed by atoms with Crippen LogP contribution in [0.3, 0.4) is 0 Å². The van der Waals surface area contributed by atoms with Gasteiger partial charge in [-0.3, -0.25) is 19.7 Å². The van der Waals surface area contributed by atoms with Gasteiger partial charge in [0.25, 0.3) is 5.91 Å². The first-order valence-electron chi connectivity index (χ1n) is 14.4. The van der Waals surface area contributed by atoms with E-state index in [2.05, 4.69) is 21.3 Å². The van der Waals surface area contributed by atoms with Gasteiger partial charge in [0.15, 0.2) is 0 Å².